The van der Waals surface area contributed by atoms with Crippen LogP contribution < -0.4 is 10.6 Å². The van der Waals surface area contributed by atoms with Crippen molar-refractivity contribution in [2.24, 2.45) is 5.92 Å². The van der Waals surface area contributed by atoms with Crippen LogP contribution in [0, 0.1) is 5.92 Å². The fraction of sp³-hybridized carbons (Fsp3) is 0.391. The summed E-state index contributed by atoms with van der Waals surface area (Å²) in [7, 11) is 0. The third-order valence-electron chi connectivity index (χ3n) is 5.07. The number of rotatable bonds is 5. The second-order valence-electron chi connectivity index (χ2n) is 7.64. The lowest BCUT2D eigenvalue weighted by Crippen LogP contribution is -2.43. The summed E-state index contributed by atoms with van der Waals surface area (Å²) in [6.07, 6.45) is 3.51. The SMILES string of the molecule is CC(C)NC(=O)C1CCCC(NC(=O)c2ccc(-c3ccccc3)cc2)C1. The Bertz CT molecular complexity index is 769. The van der Waals surface area contributed by atoms with Crippen LogP contribution >= 0.6 is 0 Å². The van der Waals surface area contributed by atoms with Crippen molar-refractivity contribution in [3.63, 3.8) is 0 Å². The molecule has 2 unspecified atom stereocenters. The molecule has 0 radical (unpaired) electrons. The molecule has 0 saturated heterocycles. The third kappa shape index (κ3) is 5.19. The Labute approximate surface area is 161 Å². The molecule has 1 saturated carbocycles. The van der Waals surface area contributed by atoms with Gasteiger partial charge in [-0.3, -0.25) is 9.59 Å². The minimum Gasteiger partial charge on any atom is -0.354 e. The van der Waals surface area contributed by atoms with Crippen LogP contribution in [-0.2, 0) is 4.79 Å². The summed E-state index contributed by atoms with van der Waals surface area (Å²) in [5, 5.41) is 6.10. The number of benzene rings is 2. The Morgan fingerprint density at radius 3 is 2.26 bits per heavy atom. The van der Waals surface area contributed by atoms with Gasteiger partial charge in [0, 0.05) is 23.6 Å². The number of hydrogen-bond donors (Lipinski definition) is 2. The molecule has 2 aromatic carbocycles. The van der Waals surface area contributed by atoms with E-state index in [9.17, 15) is 9.59 Å². The maximum atomic E-state index is 12.6. The van der Waals surface area contributed by atoms with E-state index in [4.69, 9.17) is 0 Å². The van der Waals surface area contributed by atoms with Crippen molar-refractivity contribution in [1.82, 2.24) is 10.6 Å². The summed E-state index contributed by atoms with van der Waals surface area (Å²) >= 11 is 0. The molecule has 0 spiro atoms. The first kappa shape index (κ1) is 19.2. The van der Waals surface area contributed by atoms with Crippen molar-refractivity contribution in [2.45, 2.75) is 51.6 Å². The molecule has 1 fully saturated rings. The number of amides is 2. The maximum Gasteiger partial charge on any atom is 0.251 e. The van der Waals surface area contributed by atoms with Crippen LogP contribution in [0.5, 0.6) is 0 Å². The molecule has 2 atom stereocenters. The lowest BCUT2D eigenvalue weighted by atomic mass is 9.85. The highest BCUT2D eigenvalue weighted by Crippen LogP contribution is 2.25. The number of nitrogens with one attached hydrogen (secondary N) is 2. The molecule has 0 bridgehead atoms. The van der Waals surface area contributed by atoms with Gasteiger partial charge < -0.3 is 10.6 Å². The second kappa shape index (κ2) is 8.85. The molecule has 0 aromatic heterocycles. The number of carbonyl (C=O) groups excluding carboxylic acids is 2. The van der Waals surface area contributed by atoms with E-state index in [-0.39, 0.29) is 29.8 Å². The zero-order chi connectivity index (χ0) is 19.2. The standard InChI is InChI=1S/C23H28N2O2/c1-16(2)24-23(27)20-9-6-10-21(15-20)25-22(26)19-13-11-18(12-14-19)17-7-4-3-5-8-17/h3-5,7-8,11-14,16,20-21H,6,9-10,15H2,1-2H3,(H,24,27)(H,25,26). The van der Waals surface area contributed by atoms with Crippen LogP contribution in [0.1, 0.15) is 49.9 Å². The highest BCUT2D eigenvalue weighted by Gasteiger charge is 2.28. The average Bonchev–Trinajstić information content (AvgIpc) is 2.68. The Hall–Kier alpha value is -2.62. The minimum absolute atomic E-state index is 0.00749. The lowest BCUT2D eigenvalue weighted by molar-refractivity contribution is -0.126. The highest BCUT2D eigenvalue weighted by atomic mass is 16.2. The molecular weight excluding hydrogens is 336 g/mol. The van der Waals surface area contributed by atoms with E-state index in [1.807, 2.05) is 56.3 Å². The molecule has 1 aliphatic rings. The molecular formula is C23H28N2O2. The van der Waals surface area contributed by atoms with Crippen molar-refractivity contribution in [3.05, 3.63) is 60.2 Å². The summed E-state index contributed by atoms with van der Waals surface area (Å²) in [5.74, 6) is 0.0348. The van der Waals surface area contributed by atoms with Crippen LogP contribution in [0.15, 0.2) is 54.6 Å². The number of hydrogen-bond acceptors (Lipinski definition) is 2. The summed E-state index contributed by atoms with van der Waals surface area (Å²) in [4.78, 5) is 24.9. The zero-order valence-corrected chi connectivity index (χ0v) is 16.1. The number of carbonyl (C=O) groups is 2. The van der Waals surface area contributed by atoms with Gasteiger partial charge in [-0.2, -0.15) is 0 Å². The van der Waals surface area contributed by atoms with Crippen molar-refractivity contribution >= 4 is 11.8 Å². The van der Waals surface area contributed by atoms with E-state index in [1.54, 1.807) is 0 Å². The van der Waals surface area contributed by atoms with Gasteiger partial charge in [-0.1, -0.05) is 48.9 Å². The maximum absolute atomic E-state index is 12.6. The van der Waals surface area contributed by atoms with Crippen LogP contribution in [0.2, 0.25) is 0 Å². The van der Waals surface area contributed by atoms with Crippen LogP contribution in [-0.4, -0.2) is 23.9 Å². The zero-order valence-electron chi connectivity index (χ0n) is 16.1. The van der Waals surface area contributed by atoms with E-state index >= 15 is 0 Å². The van der Waals surface area contributed by atoms with Gasteiger partial charge in [0.15, 0.2) is 0 Å². The molecule has 2 amide bonds. The second-order valence-corrected chi connectivity index (χ2v) is 7.64. The fourth-order valence-electron chi connectivity index (χ4n) is 3.67. The van der Waals surface area contributed by atoms with E-state index < -0.39 is 0 Å². The smallest absolute Gasteiger partial charge is 0.251 e. The predicted octanol–water partition coefficient (Wildman–Crippen LogP) is 4.17. The van der Waals surface area contributed by atoms with Gasteiger partial charge in [-0.25, -0.2) is 0 Å². The Balaban J connectivity index is 1.59. The predicted molar refractivity (Wildman–Crippen MR) is 108 cm³/mol. The van der Waals surface area contributed by atoms with Gasteiger partial charge in [0.2, 0.25) is 5.91 Å². The molecule has 27 heavy (non-hydrogen) atoms. The quantitative estimate of drug-likeness (QED) is 0.837. The molecule has 4 heteroatoms. The first-order chi connectivity index (χ1) is 13.0. The highest BCUT2D eigenvalue weighted by molar-refractivity contribution is 5.95. The third-order valence-corrected chi connectivity index (χ3v) is 5.07. The first-order valence-corrected chi connectivity index (χ1v) is 9.79. The lowest BCUT2D eigenvalue weighted by Gasteiger charge is -2.29. The summed E-state index contributed by atoms with van der Waals surface area (Å²) in [5.41, 5.74) is 2.88. The van der Waals surface area contributed by atoms with Gasteiger partial charge in [-0.05, 0) is 56.4 Å². The van der Waals surface area contributed by atoms with Crippen molar-refractivity contribution in [3.8, 4) is 11.1 Å². The Kier molecular flexibility index (Phi) is 6.28. The average molecular weight is 364 g/mol. The Morgan fingerprint density at radius 1 is 0.926 bits per heavy atom. The molecule has 1 aliphatic carbocycles. The van der Waals surface area contributed by atoms with Crippen molar-refractivity contribution in [1.29, 1.82) is 0 Å². The molecule has 2 N–H and O–H groups in total. The van der Waals surface area contributed by atoms with Gasteiger partial charge in [0.05, 0.1) is 0 Å². The molecule has 4 nitrogen and oxygen atoms in total. The van der Waals surface area contributed by atoms with Gasteiger partial charge in [0.25, 0.3) is 5.91 Å². The largest absolute Gasteiger partial charge is 0.354 e. The summed E-state index contributed by atoms with van der Waals surface area (Å²) in [6, 6.07) is 18.0. The molecule has 0 heterocycles. The van der Waals surface area contributed by atoms with Crippen molar-refractivity contribution < 1.29 is 9.59 Å². The van der Waals surface area contributed by atoms with E-state index in [2.05, 4.69) is 22.8 Å². The van der Waals surface area contributed by atoms with Crippen LogP contribution in [0.25, 0.3) is 11.1 Å². The van der Waals surface area contributed by atoms with Gasteiger partial charge in [-0.15, -0.1) is 0 Å². The molecule has 0 aliphatic heterocycles. The molecule has 142 valence electrons. The molecule has 3 rings (SSSR count). The first-order valence-electron chi connectivity index (χ1n) is 9.79. The van der Waals surface area contributed by atoms with Crippen LogP contribution in [0.3, 0.4) is 0 Å². The van der Waals surface area contributed by atoms with Gasteiger partial charge in [0.1, 0.15) is 0 Å². The van der Waals surface area contributed by atoms with Crippen molar-refractivity contribution in [2.75, 3.05) is 0 Å². The van der Waals surface area contributed by atoms with E-state index in [0.717, 1.165) is 30.4 Å². The monoisotopic (exact) mass is 364 g/mol. The van der Waals surface area contributed by atoms with Gasteiger partial charge >= 0.3 is 0 Å². The molecule has 2 aromatic rings. The van der Waals surface area contributed by atoms with E-state index in [0.29, 0.717) is 12.0 Å². The normalized spacial score (nSPS) is 19.5. The summed E-state index contributed by atoms with van der Waals surface area (Å²) < 4.78 is 0. The minimum atomic E-state index is -0.0653. The van der Waals surface area contributed by atoms with Crippen LogP contribution in [0.4, 0.5) is 0 Å². The van der Waals surface area contributed by atoms with E-state index in [1.165, 1.54) is 0 Å². The Morgan fingerprint density at radius 2 is 1.59 bits per heavy atom. The summed E-state index contributed by atoms with van der Waals surface area (Å²) in [6.45, 7) is 3.94. The topological polar surface area (TPSA) is 58.2 Å². The fourth-order valence-corrected chi connectivity index (χ4v) is 3.67.